The van der Waals surface area contributed by atoms with E-state index in [9.17, 15) is 13.2 Å². The number of halogens is 6. The quantitative estimate of drug-likeness (QED) is 0.571. The van der Waals surface area contributed by atoms with E-state index in [4.69, 9.17) is 11.6 Å². The van der Waals surface area contributed by atoms with Gasteiger partial charge in [-0.15, -0.1) is 0 Å². The predicted octanol–water partition coefficient (Wildman–Crippen LogP) is 6.50. The first-order chi connectivity index (χ1) is 9.77. The molecule has 0 amide bonds. The average Bonchev–Trinajstić information content (AvgIpc) is 2.40. The summed E-state index contributed by atoms with van der Waals surface area (Å²) in [5.41, 5.74) is 0.156. The van der Waals surface area contributed by atoms with Gasteiger partial charge in [0.05, 0.1) is 10.6 Å². The molecule has 0 saturated carbocycles. The van der Waals surface area contributed by atoms with Crippen LogP contribution in [-0.2, 0) is 12.7 Å². The highest BCUT2D eigenvalue weighted by atomic mass is 79.9. The normalized spacial score (nSPS) is 11.5. The van der Waals surface area contributed by atoms with Crippen molar-refractivity contribution >= 4 is 49.1 Å². The lowest BCUT2D eigenvalue weighted by Gasteiger charge is -2.15. The van der Waals surface area contributed by atoms with Gasteiger partial charge in [-0.05, 0) is 51.8 Å². The first-order valence-corrected chi connectivity index (χ1v) is 7.78. The van der Waals surface area contributed by atoms with Crippen molar-refractivity contribution in [3.8, 4) is 0 Å². The third kappa shape index (κ3) is 4.37. The van der Waals surface area contributed by atoms with Gasteiger partial charge in [-0.25, -0.2) is 0 Å². The zero-order chi connectivity index (χ0) is 15.6. The van der Waals surface area contributed by atoms with E-state index in [-0.39, 0.29) is 12.2 Å². The molecule has 2 aromatic rings. The van der Waals surface area contributed by atoms with E-state index < -0.39 is 11.7 Å². The molecule has 2 rings (SSSR count). The van der Waals surface area contributed by atoms with Crippen LogP contribution in [0.4, 0.5) is 18.9 Å². The van der Waals surface area contributed by atoms with Crippen molar-refractivity contribution in [1.82, 2.24) is 0 Å². The second kappa shape index (κ2) is 6.58. The Kier molecular flexibility index (Phi) is 5.22. The highest BCUT2D eigenvalue weighted by Crippen LogP contribution is 2.36. The molecule has 0 aliphatic heterocycles. The molecule has 0 fully saturated rings. The first kappa shape index (κ1) is 16.6. The smallest absolute Gasteiger partial charge is 0.380 e. The molecule has 0 aliphatic rings. The van der Waals surface area contributed by atoms with E-state index in [1.54, 1.807) is 24.3 Å². The SMILES string of the molecule is FC(F)(F)c1cc(Br)ccc1NCc1ccc(Cl)c(Br)c1. The highest BCUT2D eigenvalue weighted by molar-refractivity contribution is 9.10. The Morgan fingerprint density at radius 3 is 2.38 bits per heavy atom. The van der Waals surface area contributed by atoms with Gasteiger partial charge in [0.25, 0.3) is 0 Å². The zero-order valence-electron chi connectivity index (χ0n) is 10.4. The van der Waals surface area contributed by atoms with Crippen LogP contribution in [0.25, 0.3) is 0 Å². The van der Waals surface area contributed by atoms with E-state index >= 15 is 0 Å². The van der Waals surface area contributed by atoms with E-state index in [2.05, 4.69) is 37.2 Å². The molecular formula is C14H9Br2ClF3N. The molecule has 0 spiro atoms. The maximum Gasteiger partial charge on any atom is 0.418 e. The number of rotatable bonds is 3. The molecule has 1 N–H and O–H groups in total. The number of nitrogens with one attached hydrogen (secondary N) is 1. The van der Waals surface area contributed by atoms with Crippen LogP contribution in [0.5, 0.6) is 0 Å². The van der Waals surface area contributed by atoms with Gasteiger partial charge in [0.1, 0.15) is 0 Å². The predicted molar refractivity (Wildman–Crippen MR) is 85.6 cm³/mol. The van der Waals surface area contributed by atoms with Crippen LogP contribution in [0.15, 0.2) is 45.3 Å². The van der Waals surface area contributed by atoms with Crippen molar-refractivity contribution in [2.45, 2.75) is 12.7 Å². The highest BCUT2D eigenvalue weighted by Gasteiger charge is 2.33. The summed E-state index contributed by atoms with van der Waals surface area (Å²) < 4.78 is 40.0. The molecule has 0 radical (unpaired) electrons. The molecule has 0 aromatic heterocycles. The van der Waals surface area contributed by atoms with Gasteiger partial charge in [-0.2, -0.15) is 13.2 Å². The molecule has 0 unspecified atom stereocenters. The molecule has 112 valence electrons. The maximum atomic E-state index is 13.0. The zero-order valence-corrected chi connectivity index (χ0v) is 14.4. The molecule has 0 atom stereocenters. The Morgan fingerprint density at radius 1 is 1.05 bits per heavy atom. The third-order valence-corrected chi connectivity index (χ3v) is 4.46. The van der Waals surface area contributed by atoms with Gasteiger partial charge in [-0.3, -0.25) is 0 Å². The Hall–Kier alpha value is -0.720. The standard InChI is InChI=1S/C14H9Br2ClF3N/c15-9-2-4-13(10(6-9)14(18,19)20)21-7-8-1-3-12(17)11(16)5-8/h1-6,21H,7H2. The largest absolute Gasteiger partial charge is 0.418 e. The monoisotopic (exact) mass is 441 g/mol. The third-order valence-electron chi connectivity index (χ3n) is 2.75. The van der Waals surface area contributed by atoms with Crippen molar-refractivity contribution in [2.24, 2.45) is 0 Å². The lowest BCUT2D eigenvalue weighted by atomic mass is 10.1. The van der Waals surface area contributed by atoms with Crippen molar-refractivity contribution in [1.29, 1.82) is 0 Å². The van der Waals surface area contributed by atoms with Crippen LogP contribution in [0.3, 0.4) is 0 Å². The number of hydrogen-bond acceptors (Lipinski definition) is 1. The molecular weight excluding hydrogens is 434 g/mol. The van der Waals surface area contributed by atoms with Crippen molar-refractivity contribution in [3.05, 3.63) is 61.5 Å². The van der Waals surface area contributed by atoms with Gasteiger partial charge >= 0.3 is 6.18 Å². The average molecular weight is 443 g/mol. The second-order valence-electron chi connectivity index (χ2n) is 4.29. The maximum absolute atomic E-state index is 13.0. The molecule has 0 saturated heterocycles. The van der Waals surface area contributed by atoms with Gasteiger partial charge in [-0.1, -0.05) is 33.6 Å². The Morgan fingerprint density at radius 2 is 1.76 bits per heavy atom. The second-order valence-corrected chi connectivity index (χ2v) is 6.47. The number of hydrogen-bond donors (Lipinski definition) is 1. The van der Waals surface area contributed by atoms with Gasteiger partial charge in [0.15, 0.2) is 0 Å². The summed E-state index contributed by atoms with van der Waals surface area (Å²) in [4.78, 5) is 0. The van der Waals surface area contributed by atoms with Crippen LogP contribution in [0.1, 0.15) is 11.1 Å². The molecule has 0 bridgehead atoms. The Balaban J connectivity index is 2.22. The minimum Gasteiger partial charge on any atom is -0.380 e. The minimum atomic E-state index is -4.41. The topological polar surface area (TPSA) is 12.0 Å². The Labute approximate surface area is 141 Å². The lowest BCUT2D eigenvalue weighted by molar-refractivity contribution is -0.137. The lowest BCUT2D eigenvalue weighted by Crippen LogP contribution is -2.11. The van der Waals surface area contributed by atoms with Crippen molar-refractivity contribution < 1.29 is 13.2 Å². The molecule has 0 heterocycles. The molecule has 1 nitrogen and oxygen atoms in total. The summed E-state index contributed by atoms with van der Waals surface area (Å²) in [7, 11) is 0. The summed E-state index contributed by atoms with van der Waals surface area (Å²) in [6.45, 7) is 0.264. The van der Waals surface area contributed by atoms with Gasteiger partial charge in [0.2, 0.25) is 0 Å². The Bertz CT molecular complexity index is 659. The molecule has 7 heteroatoms. The van der Waals surface area contributed by atoms with E-state index in [0.29, 0.717) is 14.0 Å². The molecule has 0 aliphatic carbocycles. The fourth-order valence-corrected chi connectivity index (χ4v) is 2.66. The van der Waals surface area contributed by atoms with E-state index in [1.807, 2.05) is 0 Å². The number of benzene rings is 2. The summed E-state index contributed by atoms with van der Waals surface area (Å²) in [5.74, 6) is 0. The van der Waals surface area contributed by atoms with Crippen LogP contribution in [0.2, 0.25) is 5.02 Å². The minimum absolute atomic E-state index is 0.0387. The van der Waals surface area contributed by atoms with Gasteiger partial charge < -0.3 is 5.32 Å². The van der Waals surface area contributed by atoms with Gasteiger partial charge in [0, 0.05) is 21.2 Å². The number of alkyl halides is 3. The van der Waals surface area contributed by atoms with Crippen LogP contribution in [0, 0.1) is 0 Å². The summed E-state index contributed by atoms with van der Waals surface area (Å²) >= 11 is 12.2. The molecule has 21 heavy (non-hydrogen) atoms. The molecule has 2 aromatic carbocycles. The van der Waals surface area contributed by atoms with Crippen molar-refractivity contribution in [2.75, 3.05) is 5.32 Å². The summed E-state index contributed by atoms with van der Waals surface area (Å²) in [6, 6.07) is 9.23. The summed E-state index contributed by atoms with van der Waals surface area (Å²) in [6.07, 6.45) is -4.41. The van der Waals surface area contributed by atoms with Crippen LogP contribution >= 0.6 is 43.5 Å². The first-order valence-electron chi connectivity index (χ1n) is 5.82. The van der Waals surface area contributed by atoms with Crippen LogP contribution in [-0.4, -0.2) is 0 Å². The van der Waals surface area contributed by atoms with E-state index in [0.717, 1.165) is 11.6 Å². The summed E-state index contributed by atoms with van der Waals surface area (Å²) in [5, 5.41) is 3.36. The van der Waals surface area contributed by atoms with E-state index in [1.165, 1.54) is 6.07 Å². The number of anilines is 1. The fraction of sp³-hybridized carbons (Fsp3) is 0.143. The fourth-order valence-electron chi connectivity index (χ4n) is 1.75. The van der Waals surface area contributed by atoms with Crippen molar-refractivity contribution in [3.63, 3.8) is 0 Å². The van der Waals surface area contributed by atoms with Crippen LogP contribution < -0.4 is 5.32 Å².